The van der Waals surface area contributed by atoms with E-state index in [9.17, 15) is 9.18 Å². The van der Waals surface area contributed by atoms with Crippen LogP contribution in [0.25, 0.3) is 0 Å². The summed E-state index contributed by atoms with van der Waals surface area (Å²) in [6.07, 6.45) is 7.18. The van der Waals surface area contributed by atoms with Crippen molar-refractivity contribution in [1.29, 1.82) is 0 Å². The maximum absolute atomic E-state index is 13.7. The summed E-state index contributed by atoms with van der Waals surface area (Å²) in [6, 6.07) is 5.56. The molecule has 1 amide bonds. The number of nitrogens with zero attached hydrogens (tertiary/aromatic N) is 4. The molecule has 0 saturated carbocycles. The fourth-order valence-corrected chi connectivity index (χ4v) is 4.27. The number of carbonyl (C=O) groups is 1. The lowest BCUT2D eigenvalue weighted by atomic mass is 10.0. The Morgan fingerprint density at radius 2 is 2.10 bits per heavy atom. The highest BCUT2D eigenvalue weighted by atomic mass is 35.5. The molecule has 1 aromatic carbocycles. The standard InChI is InChI=1S/C21H25ClFN7O/c1-24-28-19-11-20(26-13-25-19)29-6-2-4-17(12-29)30-7-3-5-18(21(30)31)27-16-9-14(22)8-15(23)10-16/h3,5,8-11,13,17-18,24,27H,2,4,6-7,12H2,1H3,(H,25,26,28)/t17-,18?/m1/s1. The summed E-state index contributed by atoms with van der Waals surface area (Å²) in [6.45, 7) is 2.11. The van der Waals surface area contributed by atoms with E-state index in [2.05, 4.69) is 31.0 Å². The van der Waals surface area contributed by atoms with E-state index in [4.69, 9.17) is 11.6 Å². The molecule has 31 heavy (non-hydrogen) atoms. The van der Waals surface area contributed by atoms with Gasteiger partial charge in [-0.25, -0.2) is 19.8 Å². The van der Waals surface area contributed by atoms with Crippen LogP contribution < -0.4 is 21.1 Å². The lowest BCUT2D eigenvalue weighted by Gasteiger charge is -2.41. The molecule has 2 atom stereocenters. The van der Waals surface area contributed by atoms with Crippen molar-refractivity contribution in [3.05, 3.63) is 53.6 Å². The van der Waals surface area contributed by atoms with Gasteiger partial charge in [0.1, 0.15) is 29.8 Å². The second-order valence-electron chi connectivity index (χ2n) is 7.58. The van der Waals surface area contributed by atoms with Gasteiger partial charge in [0.2, 0.25) is 5.91 Å². The van der Waals surface area contributed by atoms with Crippen LogP contribution in [0.5, 0.6) is 0 Å². The van der Waals surface area contributed by atoms with Crippen LogP contribution >= 0.6 is 11.6 Å². The Bertz CT molecular complexity index is 952. The van der Waals surface area contributed by atoms with Crippen molar-refractivity contribution in [3.8, 4) is 0 Å². The molecule has 0 bridgehead atoms. The average molecular weight is 446 g/mol. The molecule has 3 heterocycles. The molecule has 1 aromatic heterocycles. The highest BCUT2D eigenvalue weighted by Crippen LogP contribution is 2.25. The smallest absolute Gasteiger partial charge is 0.249 e. The average Bonchev–Trinajstić information content (AvgIpc) is 2.75. The first-order chi connectivity index (χ1) is 15.0. The molecule has 8 nitrogen and oxygen atoms in total. The predicted molar refractivity (Wildman–Crippen MR) is 120 cm³/mol. The molecule has 0 radical (unpaired) electrons. The summed E-state index contributed by atoms with van der Waals surface area (Å²) in [4.78, 5) is 25.8. The van der Waals surface area contributed by atoms with Gasteiger partial charge in [-0.1, -0.05) is 23.8 Å². The lowest BCUT2D eigenvalue weighted by molar-refractivity contribution is -0.133. The summed E-state index contributed by atoms with van der Waals surface area (Å²) in [7, 11) is 1.77. The molecule has 0 aliphatic carbocycles. The van der Waals surface area contributed by atoms with Crippen molar-refractivity contribution >= 4 is 34.8 Å². The fraction of sp³-hybridized carbons (Fsp3) is 0.381. The van der Waals surface area contributed by atoms with Crippen molar-refractivity contribution in [2.24, 2.45) is 0 Å². The van der Waals surface area contributed by atoms with Gasteiger partial charge in [-0.3, -0.25) is 4.79 Å². The van der Waals surface area contributed by atoms with E-state index < -0.39 is 11.9 Å². The minimum Gasteiger partial charge on any atom is -0.370 e. The van der Waals surface area contributed by atoms with Gasteiger partial charge >= 0.3 is 0 Å². The first-order valence-corrected chi connectivity index (χ1v) is 10.6. The third-order valence-electron chi connectivity index (χ3n) is 5.43. The zero-order chi connectivity index (χ0) is 21.8. The molecule has 0 spiro atoms. The van der Waals surface area contributed by atoms with Crippen LogP contribution in [0.3, 0.4) is 0 Å². The Morgan fingerprint density at radius 1 is 1.23 bits per heavy atom. The fourth-order valence-electron chi connectivity index (χ4n) is 4.05. The molecule has 2 aromatic rings. The van der Waals surface area contributed by atoms with Gasteiger partial charge in [0.15, 0.2) is 0 Å². The van der Waals surface area contributed by atoms with Gasteiger partial charge in [-0.05, 0) is 31.0 Å². The van der Waals surface area contributed by atoms with Crippen LogP contribution in [0.4, 0.5) is 21.7 Å². The quantitative estimate of drug-likeness (QED) is 0.465. The van der Waals surface area contributed by atoms with E-state index in [0.29, 0.717) is 24.6 Å². The Kier molecular flexibility index (Phi) is 6.53. The third kappa shape index (κ3) is 5.05. The Labute approximate surface area is 185 Å². The maximum atomic E-state index is 13.7. The van der Waals surface area contributed by atoms with Crippen LogP contribution in [-0.2, 0) is 4.79 Å². The first-order valence-electron chi connectivity index (χ1n) is 10.2. The maximum Gasteiger partial charge on any atom is 0.249 e. The topological polar surface area (TPSA) is 85.4 Å². The molecule has 1 fully saturated rings. The number of nitrogens with one attached hydrogen (secondary N) is 3. The predicted octanol–water partition coefficient (Wildman–Crippen LogP) is 2.66. The van der Waals surface area contributed by atoms with Crippen molar-refractivity contribution < 1.29 is 9.18 Å². The first kappa shape index (κ1) is 21.3. The number of amides is 1. The molecule has 4 rings (SSSR count). The number of rotatable bonds is 6. The number of hydrogen-bond donors (Lipinski definition) is 3. The zero-order valence-corrected chi connectivity index (χ0v) is 17.9. The number of carbonyl (C=O) groups excluding carboxylic acids is 1. The summed E-state index contributed by atoms with van der Waals surface area (Å²) in [5, 5.41) is 3.38. The highest BCUT2D eigenvalue weighted by molar-refractivity contribution is 6.30. The molecule has 164 valence electrons. The minimum absolute atomic E-state index is 0.0324. The largest absolute Gasteiger partial charge is 0.370 e. The third-order valence-corrected chi connectivity index (χ3v) is 5.65. The van der Waals surface area contributed by atoms with Gasteiger partial charge in [-0.2, -0.15) is 0 Å². The van der Waals surface area contributed by atoms with Gasteiger partial charge in [0, 0.05) is 49.5 Å². The summed E-state index contributed by atoms with van der Waals surface area (Å²) in [5.41, 5.74) is 6.29. The number of piperidine rings is 1. The van der Waals surface area contributed by atoms with Gasteiger partial charge in [0.05, 0.1) is 0 Å². The van der Waals surface area contributed by atoms with Crippen molar-refractivity contribution in [2.75, 3.05) is 42.3 Å². The molecule has 1 saturated heterocycles. The Balaban J connectivity index is 1.45. The summed E-state index contributed by atoms with van der Waals surface area (Å²) >= 11 is 5.94. The SMILES string of the molecule is CNNc1cc(N2CCC[C@@H](N3CC=CC(Nc4cc(F)cc(Cl)c4)C3=O)C2)ncn1. The van der Waals surface area contributed by atoms with Crippen molar-refractivity contribution in [3.63, 3.8) is 0 Å². The number of hydrazine groups is 1. The van der Waals surface area contributed by atoms with Crippen LogP contribution in [-0.4, -0.2) is 59.5 Å². The summed E-state index contributed by atoms with van der Waals surface area (Å²) < 4.78 is 13.7. The molecule has 1 unspecified atom stereocenters. The van der Waals surface area contributed by atoms with E-state index in [-0.39, 0.29) is 17.0 Å². The van der Waals surface area contributed by atoms with E-state index in [1.165, 1.54) is 18.5 Å². The molecule has 2 aliphatic heterocycles. The van der Waals surface area contributed by atoms with Crippen LogP contribution in [0.1, 0.15) is 12.8 Å². The van der Waals surface area contributed by atoms with Gasteiger partial charge in [0.25, 0.3) is 0 Å². The Hall–Kier alpha value is -2.91. The zero-order valence-electron chi connectivity index (χ0n) is 17.2. The van der Waals surface area contributed by atoms with Crippen LogP contribution in [0.2, 0.25) is 5.02 Å². The molecule has 3 N–H and O–H groups in total. The minimum atomic E-state index is -0.563. The van der Waals surface area contributed by atoms with Gasteiger partial charge in [-0.15, -0.1) is 0 Å². The second kappa shape index (κ2) is 9.49. The number of aromatic nitrogens is 2. The van der Waals surface area contributed by atoms with Crippen LogP contribution in [0.15, 0.2) is 42.7 Å². The van der Waals surface area contributed by atoms with Gasteiger partial charge < -0.3 is 20.5 Å². The normalized spacial score (nSPS) is 21.3. The van der Waals surface area contributed by atoms with E-state index in [0.717, 1.165) is 25.2 Å². The number of hydrogen-bond acceptors (Lipinski definition) is 7. The summed E-state index contributed by atoms with van der Waals surface area (Å²) in [5.74, 6) is 1.03. The van der Waals surface area contributed by atoms with E-state index in [1.54, 1.807) is 13.1 Å². The number of halogens is 2. The highest BCUT2D eigenvalue weighted by Gasteiger charge is 2.33. The molecular weight excluding hydrogens is 421 g/mol. The van der Waals surface area contributed by atoms with Crippen molar-refractivity contribution in [1.82, 2.24) is 20.3 Å². The molecular formula is C21H25ClFN7O. The van der Waals surface area contributed by atoms with E-state index in [1.807, 2.05) is 23.1 Å². The lowest BCUT2D eigenvalue weighted by Crippen LogP contribution is -2.55. The monoisotopic (exact) mass is 445 g/mol. The van der Waals surface area contributed by atoms with E-state index >= 15 is 0 Å². The number of benzene rings is 1. The molecule has 10 heteroatoms. The second-order valence-corrected chi connectivity index (χ2v) is 8.01. The molecule has 2 aliphatic rings. The van der Waals surface area contributed by atoms with Crippen LogP contribution in [0, 0.1) is 5.82 Å². The number of anilines is 3. The van der Waals surface area contributed by atoms with Crippen molar-refractivity contribution in [2.45, 2.75) is 24.9 Å². The Morgan fingerprint density at radius 3 is 2.90 bits per heavy atom.